The van der Waals surface area contributed by atoms with Crippen molar-refractivity contribution < 1.29 is 14.2 Å². The van der Waals surface area contributed by atoms with Crippen LogP contribution in [-0.2, 0) is 0 Å². The number of H-pyrrole nitrogens is 1. The standard InChI is InChI=1S/C21H18BrN5O4/c1-29-15-9-13(16(22)19(31-3)18(15)30-2)11-24-27-21-25-17(12-7-5-4-6-8-12)14(10-23)20(28)26-21/h4-9,11H,1-3H3,(H2,25,26,27,28). The molecule has 158 valence electrons. The molecule has 0 amide bonds. The molecule has 0 aliphatic heterocycles. The number of halogens is 1. The number of hydrogen-bond acceptors (Lipinski definition) is 8. The maximum atomic E-state index is 12.3. The zero-order valence-electron chi connectivity index (χ0n) is 16.9. The van der Waals surface area contributed by atoms with Crippen LogP contribution in [0.1, 0.15) is 11.1 Å². The quantitative estimate of drug-likeness (QED) is 0.389. The predicted octanol–water partition coefficient (Wildman–Crippen LogP) is 3.54. The lowest BCUT2D eigenvalue weighted by atomic mass is 10.1. The summed E-state index contributed by atoms with van der Waals surface area (Å²) in [5.41, 5.74) is 3.58. The molecule has 31 heavy (non-hydrogen) atoms. The topological polar surface area (TPSA) is 122 Å². The molecule has 3 aromatic rings. The average molecular weight is 484 g/mol. The first kappa shape index (κ1) is 21.9. The molecule has 0 radical (unpaired) electrons. The highest BCUT2D eigenvalue weighted by molar-refractivity contribution is 9.10. The Kier molecular flexibility index (Phi) is 6.89. The van der Waals surface area contributed by atoms with E-state index in [4.69, 9.17) is 14.2 Å². The number of anilines is 1. The van der Waals surface area contributed by atoms with Gasteiger partial charge < -0.3 is 14.2 Å². The molecule has 9 nitrogen and oxygen atoms in total. The summed E-state index contributed by atoms with van der Waals surface area (Å²) in [6.07, 6.45) is 1.49. The summed E-state index contributed by atoms with van der Waals surface area (Å²) in [4.78, 5) is 19.2. The molecule has 0 aliphatic rings. The number of hydrogen-bond donors (Lipinski definition) is 2. The smallest absolute Gasteiger partial charge is 0.270 e. The molecule has 0 atom stereocenters. The number of nitrogens with one attached hydrogen (secondary N) is 2. The van der Waals surface area contributed by atoms with Gasteiger partial charge in [0.2, 0.25) is 11.7 Å². The Morgan fingerprint density at radius 3 is 2.48 bits per heavy atom. The summed E-state index contributed by atoms with van der Waals surface area (Å²) in [6, 6.07) is 12.6. The third-order valence-electron chi connectivity index (χ3n) is 4.25. The van der Waals surface area contributed by atoms with Gasteiger partial charge in [-0.1, -0.05) is 30.3 Å². The van der Waals surface area contributed by atoms with E-state index < -0.39 is 5.56 Å². The molecule has 2 N–H and O–H groups in total. The number of hydrazone groups is 1. The summed E-state index contributed by atoms with van der Waals surface area (Å²) in [5, 5.41) is 13.5. The summed E-state index contributed by atoms with van der Waals surface area (Å²) in [5.74, 6) is 1.43. The molecule has 2 aromatic carbocycles. The molecule has 0 saturated heterocycles. The van der Waals surface area contributed by atoms with Crippen LogP contribution >= 0.6 is 15.9 Å². The lowest BCUT2D eigenvalue weighted by molar-refractivity contribution is 0.323. The zero-order chi connectivity index (χ0) is 22.4. The number of nitrogens with zero attached hydrogens (tertiary/aromatic N) is 3. The minimum atomic E-state index is -0.567. The van der Waals surface area contributed by atoms with Crippen LogP contribution in [0.4, 0.5) is 5.95 Å². The van der Waals surface area contributed by atoms with Gasteiger partial charge in [0.15, 0.2) is 11.5 Å². The number of benzene rings is 2. The minimum absolute atomic E-state index is 0.0758. The van der Waals surface area contributed by atoms with Crippen molar-refractivity contribution in [2.45, 2.75) is 0 Å². The predicted molar refractivity (Wildman–Crippen MR) is 120 cm³/mol. The highest BCUT2D eigenvalue weighted by atomic mass is 79.9. The second kappa shape index (κ2) is 9.77. The first-order valence-corrected chi connectivity index (χ1v) is 9.70. The van der Waals surface area contributed by atoms with Gasteiger partial charge in [0.25, 0.3) is 5.56 Å². The molecule has 0 unspecified atom stereocenters. The molecule has 0 aliphatic carbocycles. The van der Waals surface area contributed by atoms with Gasteiger partial charge in [-0.3, -0.25) is 9.78 Å². The number of aromatic amines is 1. The molecule has 0 spiro atoms. The van der Waals surface area contributed by atoms with Crippen LogP contribution in [0.15, 0.2) is 50.8 Å². The maximum Gasteiger partial charge on any atom is 0.270 e. The number of nitriles is 1. The highest BCUT2D eigenvalue weighted by Crippen LogP contribution is 2.44. The van der Waals surface area contributed by atoms with Gasteiger partial charge in [-0.15, -0.1) is 0 Å². The lowest BCUT2D eigenvalue weighted by Crippen LogP contribution is -2.16. The molecule has 1 aromatic heterocycles. The monoisotopic (exact) mass is 483 g/mol. The van der Waals surface area contributed by atoms with E-state index >= 15 is 0 Å². The van der Waals surface area contributed by atoms with Crippen LogP contribution in [0.25, 0.3) is 11.3 Å². The van der Waals surface area contributed by atoms with E-state index in [2.05, 4.69) is 36.4 Å². The Morgan fingerprint density at radius 2 is 1.87 bits per heavy atom. The number of aromatic nitrogens is 2. The van der Waals surface area contributed by atoms with E-state index in [9.17, 15) is 10.1 Å². The van der Waals surface area contributed by atoms with Crippen molar-refractivity contribution in [1.29, 1.82) is 5.26 Å². The first-order chi connectivity index (χ1) is 15.0. The van der Waals surface area contributed by atoms with E-state index in [0.29, 0.717) is 32.8 Å². The van der Waals surface area contributed by atoms with Crippen molar-refractivity contribution in [2.24, 2.45) is 5.10 Å². The molecular weight excluding hydrogens is 466 g/mol. The van der Waals surface area contributed by atoms with E-state index in [-0.39, 0.29) is 17.2 Å². The van der Waals surface area contributed by atoms with Crippen LogP contribution in [0.5, 0.6) is 17.2 Å². The molecule has 0 fully saturated rings. The maximum absolute atomic E-state index is 12.3. The fourth-order valence-corrected chi connectivity index (χ4v) is 3.39. The summed E-state index contributed by atoms with van der Waals surface area (Å²) in [6.45, 7) is 0. The summed E-state index contributed by atoms with van der Waals surface area (Å²) < 4.78 is 16.7. The third kappa shape index (κ3) is 4.51. The number of methoxy groups -OCH3 is 3. The van der Waals surface area contributed by atoms with Crippen LogP contribution in [-0.4, -0.2) is 37.5 Å². The Balaban J connectivity index is 1.96. The van der Waals surface area contributed by atoms with E-state index in [1.165, 1.54) is 27.5 Å². The van der Waals surface area contributed by atoms with Crippen LogP contribution in [0.2, 0.25) is 0 Å². The molecule has 10 heteroatoms. The summed E-state index contributed by atoms with van der Waals surface area (Å²) in [7, 11) is 4.54. The molecule has 0 bridgehead atoms. The molecular formula is C21H18BrN5O4. The van der Waals surface area contributed by atoms with Crippen LogP contribution in [0, 0.1) is 11.3 Å². The Morgan fingerprint density at radius 1 is 1.16 bits per heavy atom. The van der Waals surface area contributed by atoms with Crippen molar-refractivity contribution in [3.63, 3.8) is 0 Å². The Hall–Kier alpha value is -3.84. The van der Waals surface area contributed by atoms with Crippen molar-refractivity contribution in [2.75, 3.05) is 26.8 Å². The van der Waals surface area contributed by atoms with Gasteiger partial charge in [-0.25, -0.2) is 10.4 Å². The highest BCUT2D eigenvalue weighted by Gasteiger charge is 2.18. The Labute approximate surface area is 186 Å². The normalized spacial score (nSPS) is 10.5. The first-order valence-electron chi connectivity index (χ1n) is 8.91. The zero-order valence-corrected chi connectivity index (χ0v) is 18.5. The second-order valence-corrected chi connectivity index (χ2v) is 6.83. The van der Waals surface area contributed by atoms with Crippen molar-refractivity contribution in [3.05, 3.63) is 62.4 Å². The molecule has 0 saturated carbocycles. The SMILES string of the molecule is COc1cc(C=NNc2nc(-c3ccccc3)c(C#N)c(=O)[nH]2)c(Br)c(OC)c1OC. The van der Waals surface area contributed by atoms with Gasteiger partial charge in [-0.05, 0) is 22.0 Å². The largest absolute Gasteiger partial charge is 0.493 e. The lowest BCUT2D eigenvalue weighted by Gasteiger charge is -2.15. The second-order valence-electron chi connectivity index (χ2n) is 6.03. The van der Waals surface area contributed by atoms with E-state index in [1.54, 1.807) is 30.3 Å². The Bertz CT molecular complexity index is 1220. The number of rotatable bonds is 7. The average Bonchev–Trinajstić information content (AvgIpc) is 2.79. The molecule has 3 rings (SSSR count). The van der Waals surface area contributed by atoms with Gasteiger partial charge in [0, 0.05) is 11.1 Å². The fourth-order valence-electron chi connectivity index (χ4n) is 2.83. The van der Waals surface area contributed by atoms with Crippen molar-refractivity contribution >= 4 is 28.1 Å². The van der Waals surface area contributed by atoms with E-state index in [1.807, 2.05) is 12.1 Å². The summed E-state index contributed by atoms with van der Waals surface area (Å²) >= 11 is 3.47. The van der Waals surface area contributed by atoms with Crippen molar-refractivity contribution in [3.8, 4) is 34.6 Å². The van der Waals surface area contributed by atoms with Crippen molar-refractivity contribution in [1.82, 2.24) is 9.97 Å². The fraction of sp³-hybridized carbons (Fsp3) is 0.143. The molecule has 1 heterocycles. The van der Waals surface area contributed by atoms with Crippen LogP contribution in [0.3, 0.4) is 0 Å². The van der Waals surface area contributed by atoms with E-state index in [0.717, 1.165) is 0 Å². The van der Waals surface area contributed by atoms with Gasteiger partial charge in [0.05, 0.1) is 37.7 Å². The van der Waals surface area contributed by atoms with Gasteiger partial charge >= 0.3 is 0 Å². The number of ether oxygens (including phenoxy) is 3. The minimum Gasteiger partial charge on any atom is -0.493 e. The van der Waals surface area contributed by atoms with Gasteiger partial charge in [0.1, 0.15) is 11.6 Å². The third-order valence-corrected chi connectivity index (χ3v) is 5.07. The van der Waals surface area contributed by atoms with Crippen LogP contribution < -0.4 is 25.2 Å². The van der Waals surface area contributed by atoms with Gasteiger partial charge in [-0.2, -0.15) is 10.4 Å².